The molecule has 2 aromatic carbocycles. The highest BCUT2D eigenvalue weighted by atomic mass is 16.5. The molecule has 11 nitrogen and oxygen atoms in total. The Morgan fingerprint density at radius 3 is 2.34 bits per heavy atom. The minimum atomic E-state index is -0.718. The van der Waals surface area contributed by atoms with Crippen molar-refractivity contribution >= 4 is 29.2 Å². The lowest BCUT2D eigenvalue weighted by molar-refractivity contribution is -0.144. The Kier molecular flexibility index (Phi) is 16.2. The summed E-state index contributed by atoms with van der Waals surface area (Å²) in [5.74, 6) is -0.537. The quantitative estimate of drug-likeness (QED) is 0.116. The number of esters is 1. The van der Waals surface area contributed by atoms with Gasteiger partial charge in [0.25, 0.3) is 5.91 Å². The Balaban J connectivity index is 1.68. The maximum Gasteiger partial charge on any atom is 0.302 e. The Morgan fingerprint density at radius 2 is 1.73 bits per heavy atom. The monoisotopic (exact) mass is 768 g/mol. The average Bonchev–Trinajstić information content (AvgIpc) is 3.18. The topological polar surface area (TPSA) is 125 Å². The molecule has 0 spiro atoms. The van der Waals surface area contributed by atoms with Gasteiger partial charge in [0.1, 0.15) is 6.04 Å². The Bertz CT molecular complexity index is 1800. The minimum Gasteiger partial charge on any atom is -0.465 e. The Labute approximate surface area is 334 Å². The highest BCUT2D eigenvalue weighted by molar-refractivity contribution is 5.90. The van der Waals surface area contributed by atoms with Crippen LogP contribution < -0.4 is 21.0 Å². The van der Waals surface area contributed by atoms with E-state index in [1.54, 1.807) is 25.4 Å². The maximum absolute atomic E-state index is 13.8. The first kappa shape index (κ1) is 44.1. The number of nitrogens with zero attached hydrogens (tertiary/aromatic N) is 3. The van der Waals surface area contributed by atoms with Gasteiger partial charge in [0.05, 0.1) is 24.4 Å². The van der Waals surface area contributed by atoms with Gasteiger partial charge in [0.2, 0.25) is 5.91 Å². The first-order valence-electron chi connectivity index (χ1n) is 20.0. The minimum absolute atomic E-state index is 0.0637. The van der Waals surface area contributed by atoms with E-state index >= 15 is 0 Å². The fourth-order valence-electron chi connectivity index (χ4n) is 7.52. The van der Waals surface area contributed by atoms with Crippen LogP contribution in [-0.2, 0) is 30.3 Å². The molecule has 3 aromatic rings. The van der Waals surface area contributed by atoms with Crippen LogP contribution in [0.15, 0.2) is 72.4 Å². The summed E-state index contributed by atoms with van der Waals surface area (Å²) in [5.41, 5.74) is 11.0. The first-order valence-corrected chi connectivity index (χ1v) is 20.0. The summed E-state index contributed by atoms with van der Waals surface area (Å²) in [7, 11) is 3.46. The van der Waals surface area contributed by atoms with Gasteiger partial charge >= 0.3 is 5.97 Å². The third-order valence-corrected chi connectivity index (χ3v) is 10.4. The molecule has 4 rings (SSSR count). The summed E-state index contributed by atoms with van der Waals surface area (Å²) >= 11 is 0. The molecule has 2 amide bonds. The number of benzene rings is 2. The second-order valence-corrected chi connectivity index (χ2v) is 15.9. The number of aromatic nitrogens is 1. The number of likely N-dealkylation sites (N-methyl/N-ethyl adjacent to an activating group) is 1. The van der Waals surface area contributed by atoms with E-state index in [9.17, 15) is 14.4 Å². The van der Waals surface area contributed by atoms with Gasteiger partial charge in [-0.2, -0.15) is 0 Å². The lowest BCUT2D eigenvalue weighted by atomic mass is 9.85. The SMILES string of the molecule is CCN(/C(=C(\C)CC(C)(C)COC(C)=O)c1cccnc1C(C)OC)c1ccc(-c2cccc(CC(NC(=O)C(NC)C(C)C)C(=O)N3CCCCN3)c2)cc1. The van der Waals surface area contributed by atoms with E-state index in [1.165, 1.54) is 6.92 Å². The number of rotatable bonds is 18. The van der Waals surface area contributed by atoms with Crippen LogP contribution in [0.2, 0.25) is 0 Å². The van der Waals surface area contributed by atoms with Gasteiger partial charge in [0, 0.05) is 68.6 Å². The highest BCUT2D eigenvalue weighted by Gasteiger charge is 2.31. The molecular formula is C45H64N6O5. The molecule has 2 heterocycles. The van der Waals surface area contributed by atoms with Crippen molar-refractivity contribution in [3.63, 3.8) is 0 Å². The lowest BCUT2D eigenvalue weighted by Gasteiger charge is -2.33. The lowest BCUT2D eigenvalue weighted by Crippen LogP contribution is -2.58. The van der Waals surface area contributed by atoms with Crippen molar-refractivity contribution in [2.45, 2.75) is 99.3 Å². The predicted molar refractivity (Wildman–Crippen MR) is 224 cm³/mol. The standard InChI is InChI=1S/C45H64N6O5/c1-11-50(42(31(4)28-45(7,8)29-56-33(6)52)38-18-15-23-47-41(38)32(5)55-10)37-21-19-35(20-22-37)36-17-14-16-34(26-36)27-39(44(54)51-25-13-12-24-48-51)49-43(53)40(46-9)30(2)3/h14-23,26,30,32,39-40,46,48H,11-13,24-25,27-29H2,1-10H3,(H,49,53)/b42-31+. The van der Waals surface area contributed by atoms with E-state index < -0.39 is 12.1 Å². The fraction of sp³-hybridized carbons (Fsp3) is 0.511. The van der Waals surface area contributed by atoms with Gasteiger partial charge in [-0.05, 0) is 99.5 Å². The van der Waals surface area contributed by atoms with Gasteiger partial charge in [-0.3, -0.25) is 24.4 Å². The molecule has 56 heavy (non-hydrogen) atoms. The second-order valence-electron chi connectivity index (χ2n) is 15.9. The molecule has 1 aromatic heterocycles. The van der Waals surface area contributed by atoms with Crippen molar-refractivity contribution in [2.75, 3.05) is 45.3 Å². The van der Waals surface area contributed by atoms with Gasteiger partial charge in [-0.15, -0.1) is 0 Å². The first-order chi connectivity index (χ1) is 26.7. The van der Waals surface area contributed by atoms with Crippen LogP contribution in [0.5, 0.6) is 0 Å². The number of amides is 2. The van der Waals surface area contributed by atoms with E-state index in [4.69, 9.17) is 14.5 Å². The highest BCUT2D eigenvalue weighted by Crippen LogP contribution is 2.38. The predicted octanol–water partition coefficient (Wildman–Crippen LogP) is 7.09. The molecular weight excluding hydrogens is 705 g/mol. The molecule has 1 fully saturated rings. The summed E-state index contributed by atoms with van der Waals surface area (Å²) < 4.78 is 11.2. The molecule has 3 N–H and O–H groups in total. The fourth-order valence-corrected chi connectivity index (χ4v) is 7.52. The van der Waals surface area contributed by atoms with Crippen LogP contribution in [0.3, 0.4) is 0 Å². The molecule has 0 bridgehead atoms. The second kappa shape index (κ2) is 20.5. The Hall–Kier alpha value is -4.58. The molecule has 0 radical (unpaired) electrons. The van der Waals surface area contributed by atoms with E-state index in [0.717, 1.165) is 64.3 Å². The van der Waals surface area contributed by atoms with E-state index in [-0.39, 0.29) is 35.2 Å². The number of anilines is 1. The van der Waals surface area contributed by atoms with Crippen LogP contribution in [0.1, 0.15) is 97.6 Å². The van der Waals surface area contributed by atoms with Gasteiger partial charge in [0.15, 0.2) is 0 Å². The molecule has 3 atom stereocenters. The molecule has 304 valence electrons. The van der Waals surface area contributed by atoms with Gasteiger partial charge in [-0.25, -0.2) is 5.43 Å². The molecule has 0 saturated carbocycles. The number of hydrogen-bond acceptors (Lipinski definition) is 9. The van der Waals surface area contributed by atoms with Crippen LogP contribution in [-0.4, -0.2) is 80.3 Å². The molecule has 1 aliphatic rings. The number of carbonyl (C=O) groups excluding carboxylic acids is 3. The summed E-state index contributed by atoms with van der Waals surface area (Å²) in [6, 6.07) is 19.6. The van der Waals surface area contributed by atoms with Crippen molar-refractivity contribution in [3.8, 4) is 11.1 Å². The largest absolute Gasteiger partial charge is 0.465 e. The van der Waals surface area contributed by atoms with E-state index in [0.29, 0.717) is 32.5 Å². The number of pyridine rings is 1. The van der Waals surface area contributed by atoms with Crippen molar-refractivity contribution in [3.05, 3.63) is 89.3 Å². The zero-order chi connectivity index (χ0) is 41.0. The summed E-state index contributed by atoms with van der Waals surface area (Å²) in [4.78, 5) is 46.0. The maximum atomic E-state index is 13.8. The zero-order valence-corrected chi connectivity index (χ0v) is 35.2. The van der Waals surface area contributed by atoms with Crippen molar-refractivity contribution in [1.29, 1.82) is 0 Å². The number of nitrogens with one attached hydrogen (secondary N) is 3. The van der Waals surface area contributed by atoms with Crippen molar-refractivity contribution in [2.24, 2.45) is 11.3 Å². The molecule has 3 unspecified atom stereocenters. The summed E-state index contributed by atoms with van der Waals surface area (Å²) in [6.07, 6.45) is 4.56. The normalized spacial score (nSPS) is 15.4. The number of hydrogen-bond donors (Lipinski definition) is 3. The molecule has 11 heteroatoms. The number of ether oxygens (including phenoxy) is 2. The van der Waals surface area contributed by atoms with Crippen molar-refractivity contribution in [1.82, 2.24) is 26.1 Å². The molecule has 1 aliphatic heterocycles. The van der Waals surface area contributed by atoms with Crippen LogP contribution in [0.4, 0.5) is 5.69 Å². The van der Waals surface area contributed by atoms with Gasteiger partial charge in [-0.1, -0.05) is 64.1 Å². The van der Waals surface area contributed by atoms with Crippen LogP contribution in [0, 0.1) is 11.3 Å². The number of hydrazine groups is 1. The molecule has 1 saturated heterocycles. The van der Waals surface area contributed by atoms with E-state index in [2.05, 4.69) is 91.1 Å². The third kappa shape index (κ3) is 11.7. The average molecular weight is 769 g/mol. The number of carbonyl (C=O) groups is 3. The van der Waals surface area contributed by atoms with Crippen LogP contribution in [0.25, 0.3) is 16.8 Å². The number of allylic oxidation sites excluding steroid dienone is 1. The summed E-state index contributed by atoms with van der Waals surface area (Å²) in [5, 5.41) is 7.84. The summed E-state index contributed by atoms with van der Waals surface area (Å²) in [6.45, 7) is 18.3. The van der Waals surface area contributed by atoms with Crippen LogP contribution >= 0.6 is 0 Å². The van der Waals surface area contributed by atoms with Gasteiger partial charge < -0.3 is 25.0 Å². The smallest absolute Gasteiger partial charge is 0.302 e. The molecule has 0 aliphatic carbocycles. The third-order valence-electron chi connectivity index (χ3n) is 10.4. The Morgan fingerprint density at radius 1 is 1.00 bits per heavy atom. The van der Waals surface area contributed by atoms with Crippen molar-refractivity contribution < 1.29 is 23.9 Å². The van der Waals surface area contributed by atoms with E-state index in [1.807, 2.05) is 39.0 Å². The number of methoxy groups -OCH3 is 1. The zero-order valence-electron chi connectivity index (χ0n) is 35.2.